The fourth-order valence-corrected chi connectivity index (χ4v) is 2.66. The highest BCUT2D eigenvalue weighted by atomic mass is 32.1. The van der Waals surface area contributed by atoms with Gasteiger partial charge < -0.3 is 15.8 Å². The van der Waals surface area contributed by atoms with E-state index in [1.54, 1.807) is 0 Å². The summed E-state index contributed by atoms with van der Waals surface area (Å²) in [4.78, 5) is 15.3. The van der Waals surface area contributed by atoms with Gasteiger partial charge in [-0.05, 0) is 30.5 Å². The van der Waals surface area contributed by atoms with E-state index in [9.17, 15) is 4.79 Å². The number of nitrogens with two attached hydrogens (primary N) is 1. The molecule has 112 valence electrons. The Balaban J connectivity index is 1.90. The summed E-state index contributed by atoms with van der Waals surface area (Å²) in [6, 6.07) is 8.00. The van der Waals surface area contributed by atoms with Crippen LogP contribution in [0.15, 0.2) is 29.6 Å². The number of nitrogens with zero attached hydrogens (tertiary/aromatic N) is 1. The minimum atomic E-state index is -0.0966. The van der Waals surface area contributed by atoms with Crippen LogP contribution in [0.25, 0.3) is 0 Å². The molecule has 1 amide bonds. The second-order valence-electron chi connectivity index (χ2n) is 4.61. The molecule has 1 aromatic carbocycles. The molecule has 0 aliphatic rings. The van der Waals surface area contributed by atoms with Crippen LogP contribution >= 0.6 is 11.3 Å². The second-order valence-corrected chi connectivity index (χ2v) is 5.47. The number of carbonyl (C=O) groups excluding carboxylic acids is 1. The number of aryl methyl sites for hydroxylation is 2. The van der Waals surface area contributed by atoms with Crippen LogP contribution in [-0.2, 0) is 17.6 Å². The molecule has 6 heteroatoms. The van der Waals surface area contributed by atoms with Gasteiger partial charge in [0.25, 0.3) is 0 Å². The molecule has 0 unspecified atom stereocenters. The summed E-state index contributed by atoms with van der Waals surface area (Å²) < 4.78 is 5.51. The largest absolute Gasteiger partial charge is 0.492 e. The van der Waals surface area contributed by atoms with Crippen molar-refractivity contribution in [2.75, 3.05) is 18.5 Å². The van der Waals surface area contributed by atoms with Gasteiger partial charge in [-0.3, -0.25) is 4.79 Å². The van der Waals surface area contributed by atoms with Gasteiger partial charge in [0.2, 0.25) is 5.91 Å². The van der Waals surface area contributed by atoms with Crippen molar-refractivity contribution in [1.29, 1.82) is 0 Å². The van der Waals surface area contributed by atoms with E-state index in [4.69, 9.17) is 10.5 Å². The number of hydrogen-bond acceptors (Lipinski definition) is 5. The second kappa shape index (κ2) is 7.75. The van der Waals surface area contributed by atoms with Gasteiger partial charge in [-0.1, -0.05) is 12.1 Å². The molecule has 3 N–H and O–H groups in total. The maximum absolute atomic E-state index is 11.0. The van der Waals surface area contributed by atoms with Crippen LogP contribution in [0.5, 0.6) is 5.75 Å². The minimum Gasteiger partial charge on any atom is -0.492 e. The van der Waals surface area contributed by atoms with E-state index in [1.165, 1.54) is 23.8 Å². The van der Waals surface area contributed by atoms with E-state index in [1.807, 2.05) is 23.6 Å². The van der Waals surface area contributed by atoms with E-state index in [0.717, 1.165) is 24.3 Å². The van der Waals surface area contributed by atoms with Crippen molar-refractivity contribution in [2.24, 2.45) is 5.73 Å². The zero-order valence-electron chi connectivity index (χ0n) is 12.0. The topological polar surface area (TPSA) is 77.2 Å². The summed E-state index contributed by atoms with van der Waals surface area (Å²) in [5.41, 5.74) is 7.60. The van der Waals surface area contributed by atoms with Gasteiger partial charge in [0.1, 0.15) is 12.4 Å². The number of hydrogen-bond donors (Lipinski definition) is 2. The third kappa shape index (κ3) is 5.17. The summed E-state index contributed by atoms with van der Waals surface area (Å²) >= 11 is 1.45. The molecule has 0 fully saturated rings. The minimum absolute atomic E-state index is 0.0966. The van der Waals surface area contributed by atoms with Crippen molar-refractivity contribution in [3.05, 3.63) is 40.9 Å². The lowest BCUT2D eigenvalue weighted by Gasteiger charge is -2.06. The Labute approximate surface area is 128 Å². The van der Waals surface area contributed by atoms with Gasteiger partial charge in [0, 0.05) is 18.8 Å². The van der Waals surface area contributed by atoms with Gasteiger partial charge in [-0.2, -0.15) is 0 Å². The lowest BCUT2D eigenvalue weighted by atomic mass is 10.1. The Hall–Kier alpha value is -1.92. The van der Waals surface area contributed by atoms with Crippen molar-refractivity contribution >= 4 is 22.4 Å². The van der Waals surface area contributed by atoms with Crippen LogP contribution < -0.4 is 15.8 Å². The maximum atomic E-state index is 11.0. The molecule has 5 nitrogen and oxygen atoms in total. The van der Waals surface area contributed by atoms with Crippen molar-refractivity contribution in [2.45, 2.75) is 19.8 Å². The Morgan fingerprint density at radius 3 is 3.05 bits per heavy atom. The van der Waals surface area contributed by atoms with E-state index < -0.39 is 0 Å². The van der Waals surface area contributed by atoms with Gasteiger partial charge in [0.15, 0.2) is 5.13 Å². The lowest BCUT2D eigenvalue weighted by molar-refractivity contribution is -0.114. The molecule has 1 heterocycles. The molecule has 0 bridgehead atoms. The SMILES string of the molecule is CC(=O)Nc1nc(CCc2cccc(OCCN)c2)cs1. The average molecular weight is 305 g/mol. The number of rotatable bonds is 7. The number of amides is 1. The molecule has 21 heavy (non-hydrogen) atoms. The Morgan fingerprint density at radius 2 is 2.29 bits per heavy atom. The summed E-state index contributed by atoms with van der Waals surface area (Å²) in [7, 11) is 0. The lowest BCUT2D eigenvalue weighted by Crippen LogP contribution is -2.10. The Kier molecular flexibility index (Phi) is 5.71. The smallest absolute Gasteiger partial charge is 0.223 e. The standard InChI is InChI=1S/C15H19N3O2S/c1-11(19)17-15-18-13(10-21-15)6-5-12-3-2-4-14(9-12)20-8-7-16/h2-4,9-10H,5-8,16H2,1H3,(H,17,18,19). The van der Waals surface area contributed by atoms with Crippen molar-refractivity contribution in [3.8, 4) is 5.75 Å². The number of benzene rings is 1. The monoisotopic (exact) mass is 305 g/mol. The molecule has 1 aromatic heterocycles. The van der Waals surface area contributed by atoms with Crippen molar-refractivity contribution in [3.63, 3.8) is 0 Å². The molecule has 0 aliphatic carbocycles. The van der Waals surface area contributed by atoms with Gasteiger partial charge in [-0.25, -0.2) is 4.98 Å². The summed E-state index contributed by atoms with van der Waals surface area (Å²) in [5.74, 6) is 0.746. The normalized spacial score (nSPS) is 10.4. The van der Waals surface area contributed by atoms with Crippen LogP contribution in [0.3, 0.4) is 0 Å². The van der Waals surface area contributed by atoms with Crippen LogP contribution in [0, 0.1) is 0 Å². The number of thiazole rings is 1. The average Bonchev–Trinajstić information content (AvgIpc) is 2.90. The zero-order chi connectivity index (χ0) is 15.1. The maximum Gasteiger partial charge on any atom is 0.223 e. The highest BCUT2D eigenvalue weighted by Gasteiger charge is 2.04. The molecular weight excluding hydrogens is 286 g/mol. The predicted molar refractivity (Wildman–Crippen MR) is 84.8 cm³/mol. The molecule has 0 saturated heterocycles. The highest BCUT2D eigenvalue weighted by Crippen LogP contribution is 2.18. The van der Waals surface area contributed by atoms with Gasteiger partial charge >= 0.3 is 0 Å². The molecule has 0 spiro atoms. The molecule has 0 radical (unpaired) electrons. The van der Waals surface area contributed by atoms with E-state index in [-0.39, 0.29) is 5.91 Å². The molecule has 0 aliphatic heterocycles. The van der Waals surface area contributed by atoms with Crippen LogP contribution in [0.4, 0.5) is 5.13 Å². The molecule has 2 aromatic rings. The Bertz CT molecular complexity index is 598. The first kappa shape index (κ1) is 15.5. The summed E-state index contributed by atoms with van der Waals surface area (Å²) in [5, 5.41) is 5.32. The van der Waals surface area contributed by atoms with Crippen molar-refractivity contribution < 1.29 is 9.53 Å². The van der Waals surface area contributed by atoms with Gasteiger partial charge in [-0.15, -0.1) is 11.3 Å². The third-order valence-electron chi connectivity index (χ3n) is 2.79. The molecule has 0 atom stereocenters. The number of ether oxygens (including phenoxy) is 1. The quantitative estimate of drug-likeness (QED) is 0.822. The molecule has 0 saturated carbocycles. The summed E-state index contributed by atoms with van der Waals surface area (Å²) in [6.45, 7) is 2.51. The first-order valence-electron chi connectivity index (χ1n) is 6.81. The highest BCUT2D eigenvalue weighted by molar-refractivity contribution is 7.13. The first-order valence-corrected chi connectivity index (χ1v) is 7.69. The van der Waals surface area contributed by atoms with Crippen LogP contribution in [-0.4, -0.2) is 24.0 Å². The summed E-state index contributed by atoms with van der Waals surface area (Å²) in [6.07, 6.45) is 1.71. The molecule has 2 rings (SSSR count). The fraction of sp³-hybridized carbons (Fsp3) is 0.333. The number of aromatic nitrogens is 1. The van der Waals surface area contributed by atoms with Gasteiger partial charge in [0.05, 0.1) is 5.69 Å². The van der Waals surface area contributed by atoms with E-state index in [0.29, 0.717) is 18.3 Å². The first-order chi connectivity index (χ1) is 10.2. The fourth-order valence-electron chi connectivity index (χ4n) is 1.87. The van der Waals surface area contributed by atoms with Crippen LogP contribution in [0.1, 0.15) is 18.2 Å². The third-order valence-corrected chi connectivity index (χ3v) is 3.60. The number of nitrogens with one attached hydrogen (secondary N) is 1. The van der Waals surface area contributed by atoms with E-state index in [2.05, 4.69) is 16.4 Å². The van der Waals surface area contributed by atoms with E-state index >= 15 is 0 Å². The number of carbonyl (C=O) groups is 1. The Morgan fingerprint density at radius 1 is 1.43 bits per heavy atom. The zero-order valence-corrected chi connectivity index (χ0v) is 12.8. The van der Waals surface area contributed by atoms with Crippen LogP contribution in [0.2, 0.25) is 0 Å². The van der Waals surface area contributed by atoms with Crippen molar-refractivity contribution in [1.82, 2.24) is 4.98 Å². The molecular formula is C15H19N3O2S. The predicted octanol–water partition coefficient (Wildman–Crippen LogP) is 2.22. The number of anilines is 1.